The molecule has 138 valence electrons. The second-order valence-electron chi connectivity index (χ2n) is 6.78. The molecule has 2 aromatic rings. The summed E-state index contributed by atoms with van der Waals surface area (Å²) >= 11 is 0. The molecule has 1 heterocycles. The average Bonchev–Trinajstić information content (AvgIpc) is 2.64. The largest absolute Gasteiger partial charge is 0.368 e. The van der Waals surface area contributed by atoms with Crippen molar-refractivity contribution in [2.75, 3.05) is 36.4 Å². The van der Waals surface area contributed by atoms with Gasteiger partial charge in [0.1, 0.15) is 0 Å². The van der Waals surface area contributed by atoms with Gasteiger partial charge >= 0.3 is 6.03 Å². The Hall–Kier alpha value is -2.63. The van der Waals surface area contributed by atoms with Crippen LogP contribution in [0.1, 0.15) is 25.3 Å². The first-order valence-electron chi connectivity index (χ1n) is 8.80. The van der Waals surface area contributed by atoms with Crippen molar-refractivity contribution < 1.29 is 13.6 Å². The third kappa shape index (κ3) is 4.12. The topological polar surface area (TPSA) is 35.6 Å². The van der Waals surface area contributed by atoms with E-state index in [1.54, 1.807) is 11.0 Å². The number of hydrogen-bond donors (Lipinski definition) is 1. The van der Waals surface area contributed by atoms with Gasteiger partial charge in [-0.1, -0.05) is 26.0 Å². The predicted molar refractivity (Wildman–Crippen MR) is 99.7 cm³/mol. The Labute approximate surface area is 152 Å². The molecule has 0 saturated carbocycles. The van der Waals surface area contributed by atoms with Crippen molar-refractivity contribution in [3.63, 3.8) is 0 Å². The van der Waals surface area contributed by atoms with Crippen LogP contribution in [0.3, 0.4) is 0 Å². The number of nitrogens with zero attached hydrogens (tertiary/aromatic N) is 2. The zero-order valence-electron chi connectivity index (χ0n) is 15.0. The molecule has 1 N–H and O–H groups in total. The summed E-state index contributed by atoms with van der Waals surface area (Å²) in [5, 5.41) is 2.91. The quantitative estimate of drug-likeness (QED) is 0.879. The zero-order chi connectivity index (χ0) is 18.7. The normalized spacial score (nSPS) is 14.7. The highest BCUT2D eigenvalue weighted by Crippen LogP contribution is 2.20. The number of urea groups is 1. The van der Waals surface area contributed by atoms with Crippen LogP contribution in [0.25, 0.3) is 0 Å². The molecule has 0 radical (unpaired) electrons. The summed E-state index contributed by atoms with van der Waals surface area (Å²) in [6.45, 7) is 6.44. The van der Waals surface area contributed by atoms with Crippen molar-refractivity contribution in [1.29, 1.82) is 0 Å². The summed E-state index contributed by atoms with van der Waals surface area (Å²) in [4.78, 5) is 16.1. The molecule has 6 heteroatoms. The summed E-state index contributed by atoms with van der Waals surface area (Å²) in [6.07, 6.45) is 0. The molecule has 2 amide bonds. The van der Waals surface area contributed by atoms with E-state index in [-0.39, 0.29) is 6.03 Å². The van der Waals surface area contributed by atoms with Gasteiger partial charge in [-0.2, -0.15) is 0 Å². The van der Waals surface area contributed by atoms with Crippen LogP contribution < -0.4 is 10.2 Å². The SMILES string of the molecule is CC(C)c1ccc(NC(=O)N2CCN(c3ccc(F)c(F)c3)CC2)cc1. The van der Waals surface area contributed by atoms with Gasteiger partial charge in [0, 0.05) is 43.6 Å². The Morgan fingerprint density at radius 2 is 1.62 bits per heavy atom. The van der Waals surface area contributed by atoms with E-state index in [4.69, 9.17) is 0 Å². The minimum atomic E-state index is -0.854. The van der Waals surface area contributed by atoms with Crippen LogP contribution in [-0.4, -0.2) is 37.1 Å². The van der Waals surface area contributed by atoms with Gasteiger partial charge in [-0.05, 0) is 35.7 Å². The molecule has 26 heavy (non-hydrogen) atoms. The fourth-order valence-corrected chi connectivity index (χ4v) is 3.00. The summed E-state index contributed by atoms with van der Waals surface area (Å²) in [6, 6.07) is 11.6. The number of carbonyl (C=O) groups is 1. The Bertz CT molecular complexity index is 769. The summed E-state index contributed by atoms with van der Waals surface area (Å²) in [7, 11) is 0. The van der Waals surface area contributed by atoms with Crippen LogP contribution >= 0.6 is 0 Å². The highest BCUT2D eigenvalue weighted by Gasteiger charge is 2.22. The number of carbonyl (C=O) groups excluding carboxylic acids is 1. The number of anilines is 2. The van der Waals surface area contributed by atoms with Crippen molar-refractivity contribution in [3.05, 3.63) is 59.7 Å². The van der Waals surface area contributed by atoms with Crippen LogP contribution in [-0.2, 0) is 0 Å². The first kappa shape index (κ1) is 18.2. The smallest absolute Gasteiger partial charge is 0.321 e. The molecule has 1 aliphatic heterocycles. The maximum absolute atomic E-state index is 13.4. The third-order valence-corrected chi connectivity index (χ3v) is 4.66. The number of nitrogens with one attached hydrogen (secondary N) is 1. The second kappa shape index (κ2) is 7.72. The van der Waals surface area contributed by atoms with Gasteiger partial charge < -0.3 is 15.1 Å². The molecule has 3 rings (SSSR count). The third-order valence-electron chi connectivity index (χ3n) is 4.66. The van der Waals surface area contributed by atoms with E-state index in [9.17, 15) is 13.6 Å². The van der Waals surface area contributed by atoms with Gasteiger partial charge in [-0.25, -0.2) is 13.6 Å². The van der Waals surface area contributed by atoms with Crippen molar-refractivity contribution in [3.8, 4) is 0 Å². The van der Waals surface area contributed by atoms with Gasteiger partial charge in [-0.3, -0.25) is 0 Å². The van der Waals surface area contributed by atoms with E-state index >= 15 is 0 Å². The molecular formula is C20H23F2N3O. The molecule has 1 fully saturated rings. The molecule has 0 unspecified atom stereocenters. The van der Waals surface area contributed by atoms with E-state index in [1.165, 1.54) is 11.6 Å². The van der Waals surface area contributed by atoms with E-state index in [1.807, 2.05) is 29.2 Å². The van der Waals surface area contributed by atoms with Gasteiger partial charge in [0.05, 0.1) is 0 Å². The molecule has 1 aliphatic rings. The van der Waals surface area contributed by atoms with Gasteiger partial charge in [-0.15, -0.1) is 0 Å². The fraction of sp³-hybridized carbons (Fsp3) is 0.350. The molecule has 4 nitrogen and oxygen atoms in total. The van der Waals surface area contributed by atoms with Crippen molar-refractivity contribution in [2.45, 2.75) is 19.8 Å². The first-order chi connectivity index (χ1) is 12.4. The van der Waals surface area contributed by atoms with Gasteiger partial charge in [0.25, 0.3) is 0 Å². The molecular weight excluding hydrogens is 336 g/mol. The maximum atomic E-state index is 13.4. The zero-order valence-corrected chi connectivity index (χ0v) is 15.0. The fourth-order valence-electron chi connectivity index (χ4n) is 3.00. The number of benzene rings is 2. The Morgan fingerprint density at radius 3 is 2.19 bits per heavy atom. The lowest BCUT2D eigenvalue weighted by molar-refractivity contribution is 0.208. The molecule has 0 atom stereocenters. The van der Waals surface area contributed by atoms with Crippen LogP contribution in [0.15, 0.2) is 42.5 Å². The predicted octanol–water partition coefficient (Wildman–Crippen LogP) is 4.44. The Balaban J connectivity index is 1.55. The molecule has 0 aliphatic carbocycles. The lowest BCUT2D eigenvalue weighted by atomic mass is 10.0. The second-order valence-corrected chi connectivity index (χ2v) is 6.78. The Morgan fingerprint density at radius 1 is 0.962 bits per heavy atom. The van der Waals surface area contributed by atoms with Crippen LogP contribution in [0, 0.1) is 11.6 Å². The summed E-state index contributed by atoms with van der Waals surface area (Å²) < 4.78 is 26.4. The highest BCUT2D eigenvalue weighted by molar-refractivity contribution is 5.89. The molecule has 0 bridgehead atoms. The number of hydrogen-bond acceptors (Lipinski definition) is 2. The molecule has 0 spiro atoms. The number of amides is 2. The van der Waals surface area contributed by atoms with Crippen molar-refractivity contribution in [1.82, 2.24) is 4.90 Å². The van der Waals surface area contributed by atoms with E-state index in [0.29, 0.717) is 37.8 Å². The molecule has 2 aromatic carbocycles. The number of rotatable bonds is 3. The average molecular weight is 359 g/mol. The summed E-state index contributed by atoms with van der Waals surface area (Å²) in [5.41, 5.74) is 2.62. The van der Waals surface area contributed by atoms with E-state index in [0.717, 1.165) is 11.8 Å². The number of piperazine rings is 1. The summed E-state index contributed by atoms with van der Waals surface area (Å²) in [5.74, 6) is -1.26. The standard InChI is InChI=1S/C20H23F2N3O/c1-14(2)15-3-5-16(6-4-15)23-20(26)25-11-9-24(10-12-25)17-7-8-18(21)19(22)13-17/h3-8,13-14H,9-12H2,1-2H3,(H,23,26). The number of halogens is 2. The lowest BCUT2D eigenvalue weighted by Crippen LogP contribution is -2.50. The monoisotopic (exact) mass is 359 g/mol. The van der Waals surface area contributed by atoms with E-state index < -0.39 is 11.6 Å². The Kier molecular flexibility index (Phi) is 5.40. The molecule has 1 saturated heterocycles. The van der Waals surface area contributed by atoms with Gasteiger partial charge in [0.15, 0.2) is 11.6 Å². The minimum Gasteiger partial charge on any atom is -0.368 e. The van der Waals surface area contributed by atoms with Crippen molar-refractivity contribution >= 4 is 17.4 Å². The van der Waals surface area contributed by atoms with E-state index in [2.05, 4.69) is 19.2 Å². The van der Waals surface area contributed by atoms with Crippen LogP contribution in [0.4, 0.5) is 25.0 Å². The van der Waals surface area contributed by atoms with Crippen LogP contribution in [0.2, 0.25) is 0 Å². The maximum Gasteiger partial charge on any atom is 0.321 e. The lowest BCUT2D eigenvalue weighted by Gasteiger charge is -2.36. The highest BCUT2D eigenvalue weighted by atomic mass is 19.2. The van der Waals surface area contributed by atoms with Crippen molar-refractivity contribution in [2.24, 2.45) is 0 Å². The minimum absolute atomic E-state index is 0.146. The molecule has 0 aromatic heterocycles. The van der Waals surface area contributed by atoms with Gasteiger partial charge in [0.2, 0.25) is 0 Å². The van der Waals surface area contributed by atoms with Crippen LogP contribution in [0.5, 0.6) is 0 Å². The first-order valence-corrected chi connectivity index (χ1v) is 8.80.